The van der Waals surface area contributed by atoms with E-state index in [9.17, 15) is 5.11 Å². The Morgan fingerprint density at radius 2 is 2.33 bits per heavy atom. The Labute approximate surface area is 74.4 Å². The topological polar surface area (TPSA) is 32.3 Å². The number of nitrogens with one attached hydrogen (secondary N) is 1. The molecule has 1 aliphatic heterocycles. The van der Waals surface area contributed by atoms with Crippen molar-refractivity contribution in [1.82, 2.24) is 5.32 Å². The molecule has 2 nitrogen and oxygen atoms in total. The lowest BCUT2D eigenvalue weighted by molar-refractivity contribution is 0.182. The fraction of sp³-hybridized carbons (Fsp3) is 1.00. The van der Waals surface area contributed by atoms with Gasteiger partial charge in [0.15, 0.2) is 0 Å². The molecular formula is C10H19NO. The molecule has 12 heavy (non-hydrogen) atoms. The van der Waals surface area contributed by atoms with E-state index in [0.29, 0.717) is 24.0 Å². The maximum atomic E-state index is 9.18. The normalized spacial score (nSPS) is 46.5. The Morgan fingerprint density at radius 1 is 1.50 bits per heavy atom. The molecule has 0 bridgehead atoms. The van der Waals surface area contributed by atoms with Gasteiger partial charge < -0.3 is 10.4 Å². The number of aliphatic hydroxyl groups excluding tert-OH is 1. The highest BCUT2D eigenvalue weighted by Crippen LogP contribution is 2.49. The summed E-state index contributed by atoms with van der Waals surface area (Å²) < 4.78 is 0. The van der Waals surface area contributed by atoms with Crippen molar-refractivity contribution >= 4 is 0 Å². The SMILES string of the molecule is CCC12CCNC1C(CO)CC2. The van der Waals surface area contributed by atoms with Gasteiger partial charge in [-0.05, 0) is 43.6 Å². The van der Waals surface area contributed by atoms with Crippen LogP contribution in [0.4, 0.5) is 0 Å². The molecule has 3 atom stereocenters. The summed E-state index contributed by atoms with van der Waals surface area (Å²) in [5.41, 5.74) is 0.549. The van der Waals surface area contributed by atoms with E-state index in [1.54, 1.807) is 0 Å². The largest absolute Gasteiger partial charge is 0.396 e. The summed E-state index contributed by atoms with van der Waals surface area (Å²) in [6.45, 7) is 3.83. The lowest BCUT2D eigenvalue weighted by Gasteiger charge is -2.28. The summed E-state index contributed by atoms with van der Waals surface area (Å²) in [7, 11) is 0. The molecule has 70 valence electrons. The van der Waals surface area contributed by atoms with Crippen molar-refractivity contribution in [3.05, 3.63) is 0 Å². The van der Waals surface area contributed by atoms with E-state index in [0.717, 1.165) is 6.54 Å². The van der Waals surface area contributed by atoms with Crippen LogP contribution in [0.15, 0.2) is 0 Å². The van der Waals surface area contributed by atoms with Gasteiger partial charge in [-0.25, -0.2) is 0 Å². The van der Waals surface area contributed by atoms with Crippen LogP contribution in [0.2, 0.25) is 0 Å². The third-order valence-electron chi connectivity index (χ3n) is 4.07. The molecule has 2 aliphatic rings. The van der Waals surface area contributed by atoms with Crippen LogP contribution < -0.4 is 5.32 Å². The van der Waals surface area contributed by atoms with Gasteiger partial charge in [0.25, 0.3) is 0 Å². The molecule has 0 aromatic heterocycles. The van der Waals surface area contributed by atoms with Crippen LogP contribution in [0.3, 0.4) is 0 Å². The average molecular weight is 169 g/mol. The smallest absolute Gasteiger partial charge is 0.0474 e. The van der Waals surface area contributed by atoms with Crippen molar-refractivity contribution in [3.63, 3.8) is 0 Å². The maximum Gasteiger partial charge on any atom is 0.0474 e. The Kier molecular flexibility index (Phi) is 2.13. The lowest BCUT2D eigenvalue weighted by atomic mass is 9.79. The van der Waals surface area contributed by atoms with E-state index in [-0.39, 0.29) is 0 Å². The summed E-state index contributed by atoms with van der Waals surface area (Å²) in [5, 5.41) is 12.7. The van der Waals surface area contributed by atoms with Crippen LogP contribution in [0.25, 0.3) is 0 Å². The molecule has 1 saturated carbocycles. The van der Waals surface area contributed by atoms with Gasteiger partial charge in [-0.3, -0.25) is 0 Å². The molecule has 2 rings (SSSR count). The molecule has 0 aromatic carbocycles. The fourth-order valence-electron chi connectivity index (χ4n) is 3.21. The van der Waals surface area contributed by atoms with Crippen LogP contribution in [-0.2, 0) is 0 Å². The van der Waals surface area contributed by atoms with Gasteiger partial charge in [0, 0.05) is 12.6 Å². The number of hydrogen-bond donors (Lipinski definition) is 2. The number of aliphatic hydroxyl groups is 1. The summed E-state index contributed by atoms with van der Waals surface area (Å²) in [6, 6.07) is 0.618. The molecule has 1 heterocycles. The first-order valence-electron chi connectivity index (χ1n) is 5.16. The fourth-order valence-corrected chi connectivity index (χ4v) is 3.21. The van der Waals surface area contributed by atoms with Gasteiger partial charge in [-0.15, -0.1) is 0 Å². The van der Waals surface area contributed by atoms with E-state index >= 15 is 0 Å². The third kappa shape index (κ3) is 1.01. The standard InChI is InChI=1S/C10H19NO/c1-2-10-4-3-8(7-12)9(10)11-6-5-10/h8-9,11-12H,2-7H2,1H3. The molecule has 0 aromatic rings. The van der Waals surface area contributed by atoms with Gasteiger partial charge in [0.2, 0.25) is 0 Å². The van der Waals surface area contributed by atoms with Crippen LogP contribution in [0, 0.1) is 11.3 Å². The molecular weight excluding hydrogens is 150 g/mol. The van der Waals surface area contributed by atoms with Gasteiger partial charge in [-0.2, -0.15) is 0 Å². The molecule has 0 spiro atoms. The predicted octanol–water partition coefficient (Wildman–Crippen LogP) is 1.15. The monoisotopic (exact) mass is 169 g/mol. The zero-order valence-electron chi connectivity index (χ0n) is 7.84. The minimum Gasteiger partial charge on any atom is -0.396 e. The molecule has 2 N–H and O–H groups in total. The van der Waals surface area contributed by atoms with Crippen LogP contribution in [0.5, 0.6) is 0 Å². The summed E-state index contributed by atoms with van der Waals surface area (Å²) >= 11 is 0. The average Bonchev–Trinajstić information content (AvgIpc) is 2.61. The molecule has 2 fully saturated rings. The van der Waals surface area contributed by atoms with Crippen molar-refractivity contribution in [3.8, 4) is 0 Å². The minimum atomic E-state index is 0.374. The number of rotatable bonds is 2. The molecule has 0 amide bonds. The Hall–Kier alpha value is -0.0800. The first-order valence-corrected chi connectivity index (χ1v) is 5.16. The van der Waals surface area contributed by atoms with Crippen molar-refractivity contribution in [2.45, 2.75) is 38.6 Å². The van der Waals surface area contributed by atoms with Crippen molar-refractivity contribution in [1.29, 1.82) is 0 Å². The highest BCUT2D eigenvalue weighted by molar-refractivity contribution is 5.04. The van der Waals surface area contributed by atoms with Crippen LogP contribution >= 0.6 is 0 Å². The quantitative estimate of drug-likeness (QED) is 0.650. The Morgan fingerprint density at radius 3 is 3.00 bits per heavy atom. The molecule has 2 heteroatoms. The van der Waals surface area contributed by atoms with E-state index in [2.05, 4.69) is 12.2 Å². The third-order valence-corrected chi connectivity index (χ3v) is 4.07. The zero-order valence-corrected chi connectivity index (χ0v) is 7.84. The van der Waals surface area contributed by atoms with Crippen molar-refractivity contribution < 1.29 is 5.11 Å². The molecule has 1 saturated heterocycles. The summed E-state index contributed by atoms with van der Waals surface area (Å²) in [5.74, 6) is 0.535. The van der Waals surface area contributed by atoms with E-state index in [1.165, 1.54) is 25.7 Å². The predicted molar refractivity (Wildman–Crippen MR) is 48.9 cm³/mol. The van der Waals surface area contributed by atoms with E-state index in [1.807, 2.05) is 0 Å². The maximum absolute atomic E-state index is 9.18. The van der Waals surface area contributed by atoms with Crippen LogP contribution in [-0.4, -0.2) is 24.3 Å². The van der Waals surface area contributed by atoms with Crippen molar-refractivity contribution in [2.75, 3.05) is 13.2 Å². The van der Waals surface area contributed by atoms with E-state index < -0.39 is 0 Å². The second-order valence-corrected chi connectivity index (χ2v) is 4.38. The lowest BCUT2D eigenvalue weighted by Crippen LogP contribution is -2.37. The number of hydrogen-bond acceptors (Lipinski definition) is 2. The zero-order chi connectivity index (χ0) is 8.60. The highest BCUT2D eigenvalue weighted by atomic mass is 16.3. The minimum absolute atomic E-state index is 0.374. The van der Waals surface area contributed by atoms with E-state index in [4.69, 9.17) is 0 Å². The Bertz CT molecular complexity index is 171. The second kappa shape index (κ2) is 3.00. The molecule has 1 aliphatic carbocycles. The van der Waals surface area contributed by atoms with Gasteiger partial charge in [0.1, 0.15) is 0 Å². The van der Waals surface area contributed by atoms with Crippen LogP contribution in [0.1, 0.15) is 32.6 Å². The first-order chi connectivity index (χ1) is 5.82. The Balaban J connectivity index is 2.14. The summed E-state index contributed by atoms with van der Waals surface area (Å²) in [6.07, 6.45) is 5.15. The highest BCUT2D eigenvalue weighted by Gasteiger charge is 2.49. The van der Waals surface area contributed by atoms with Crippen molar-refractivity contribution in [2.24, 2.45) is 11.3 Å². The molecule has 0 radical (unpaired) electrons. The second-order valence-electron chi connectivity index (χ2n) is 4.38. The molecule has 3 unspecified atom stereocenters. The number of fused-ring (bicyclic) bond motifs is 1. The first kappa shape index (κ1) is 8.52. The summed E-state index contributed by atoms with van der Waals surface area (Å²) in [4.78, 5) is 0. The van der Waals surface area contributed by atoms with Gasteiger partial charge in [0.05, 0.1) is 0 Å². The van der Waals surface area contributed by atoms with Gasteiger partial charge >= 0.3 is 0 Å². The van der Waals surface area contributed by atoms with Gasteiger partial charge in [-0.1, -0.05) is 6.92 Å².